The summed E-state index contributed by atoms with van der Waals surface area (Å²) in [5.74, 6) is -0.361. The summed E-state index contributed by atoms with van der Waals surface area (Å²) >= 11 is 5.83. The smallest absolute Gasteiger partial charge is 0.319 e. The summed E-state index contributed by atoms with van der Waals surface area (Å²) in [7, 11) is 0. The highest BCUT2D eigenvalue weighted by molar-refractivity contribution is 6.32. The highest BCUT2D eigenvalue weighted by Gasteiger charge is 2.20. The van der Waals surface area contributed by atoms with E-state index >= 15 is 0 Å². The summed E-state index contributed by atoms with van der Waals surface area (Å²) in [6.45, 7) is 0.177. The summed E-state index contributed by atoms with van der Waals surface area (Å²) < 4.78 is 0. The molecule has 0 heterocycles. The SMILES string of the molecule is N#Cc1c(Cl)ccc(N(Cc2ccccc2)C(N)=O)c1O. The molecule has 0 saturated heterocycles. The fourth-order valence-electron chi connectivity index (χ4n) is 1.93. The second-order valence-electron chi connectivity index (χ2n) is 4.31. The number of hydrogen-bond donors (Lipinski definition) is 2. The minimum atomic E-state index is -0.736. The molecule has 2 amide bonds. The number of phenolic OH excluding ortho intramolecular Hbond substituents is 1. The van der Waals surface area contributed by atoms with Crippen molar-refractivity contribution in [3.8, 4) is 11.8 Å². The highest BCUT2D eigenvalue weighted by Crippen LogP contribution is 2.35. The topological polar surface area (TPSA) is 90.4 Å². The lowest BCUT2D eigenvalue weighted by Crippen LogP contribution is -2.35. The lowest BCUT2D eigenvalue weighted by Gasteiger charge is -2.22. The van der Waals surface area contributed by atoms with Crippen molar-refractivity contribution >= 4 is 23.3 Å². The van der Waals surface area contributed by atoms with Gasteiger partial charge in [-0.3, -0.25) is 4.90 Å². The number of halogens is 1. The van der Waals surface area contributed by atoms with E-state index in [1.807, 2.05) is 30.3 Å². The van der Waals surface area contributed by atoms with Gasteiger partial charge in [-0.05, 0) is 17.7 Å². The maximum Gasteiger partial charge on any atom is 0.319 e. The first-order valence-corrected chi connectivity index (χ1v) is 6.45. The Morgan fingerprint density at radius 1 is 1.29 bits per heavy atom. The Morgan fingerprint density at radius 2 is 1.95 bits per heavy atom. The molecule has 3 N–H and O–H groups in total. The van der Waals surface area contributed by atoms with E-state index in [1.165, 1.54) is 17.0 Å². The van der Waals surface area contributed by atoms with Crippen LogP contribution in [0.15, 0.2) is 42.5 Å². The van der Waals surface area contributed by atoms with Crippen LogP contribution in [0, 0.1) is 11.3 Å². The molecule has 5 nitrogen and oxygen atoms in total. The maximum absolute atomic E-state index is 11.7. The first kappa shape index (κ1) is 14.7. The number of urea groups is 1. The van der Waals surface area contributed by atoms with Crippen LogP contribution in [0.2, 0.25) is 5.02 Å². The average molecular weight is 302 g/mol. The summed E-state index contributed by atoms with van der Waals surface area (Å²) in [5, 5.41) is 19.2. The Morgan fingerprint density at radius 3 is 2.52 bits per heavy atom. The summed E-state index contributed by atoms with van der Waals surface area (Å²) in [5.41, 5.74) is 6.27. The van der Waals surface area contributed by atoms with Crippen molar-refractivity contribution in [2.24, 2.45) is 5.73 Å². The number of amides is 2. The summed E-state index contributed by atoms with van der Waals surface area (Å²) in [6, 6.07) is 13.1. The fourth-order valence-corrected chi connectivity index (χ4v) is 2.12. The Balaban J connectivity index is 2.45. The van der Waals surface area contributed by atoms with Gasteiger partial charge in [-0.25, -0.2) is 4.79 Å². The minimum Gasteiger partial charge on any atom is -0.504 e. The Bertz CT molecular complexity index is 711. The van der Waals surface area contributed by atoms with Crippen molar-refractivity contribution in [2.75, 3.05) is 4.90 Å². The predicted octanol–water partition coefficient (Wildman–Crippen LogP) is 3.00. The zero-order valence-electron chi connectivity index (χ0n) is 11.0. The van der Waals surface area contributed by atoms with Crippen LogP contribution in [0.4, 0.5) is 10.5 Å². The molecule has 0 bridgehead atoms. The molecule has 2 rings (SSSR count). The van der Waals surface area contributed by atoms with Gasteiger partial charge in [0.05, 0.1) is 17.3 Å². The molecular formula is C15H12ClN3O2. The van der Waals surface area contributed by atoms with Gasteiger partial charge in [0.15, 0.2) is 5.75 Å². The monoisotopic (exact) mass is 301 g/mol. The molecule has 0 aliphatic rings. The summed E-state index contributed by atoms with van der Waals surface area (Å²) in [4.78, 5) is 12.8. The predicted molar refractivity (Wildman–Crippen MR) is 80.0 cm³/mol. The number of rotatable bonds is 3. The van der Waals surface area contributed by atoms with Crippen LogP contribution in [-0.4, -0.2) is 11.1 Å². The lowest BCUT2D eigenvalue weighted by atomic mass is 10.1. The van der Waals surface area contributed by atoms with Gasteiger partial charge in [-0.2, -0.15) is 5.26 Å². The van der Waals surface area contributed by atoms with Gasteiger partial charge < -0.3 is 10.8 Å². The first-order valence-electron chi connectivity index (χ1n) is 6.07. The number of carbonyl (C=O) groups is 1. The van der Waals surface area contributed by atoms with Crippen LogP contribution in [0.25, 0.3) is 0 Å². The van der Waals surface area contributed by atoms with Gasteiger partial charge in [0.1, 0.15) is 11.6 Å². The molecule has 21 heavy (non-hydrogen) atoms. The van der Waals surface area contributed by atoms with Gasteiger partial charge >= 0.3 is 6.03 Å². The highest BCUT2D eigenvalue weighted by atomic mass is 35.5. The van der Waals surface area contributed by atoms with Crippen LogP contribution in [-0.2, 0) is 6.54 Å². The van der Waals surface area contributed by atoms with E-state index in [2.05, 4.69) is 0 Å². The third-order valence-electron chi connectivity index (χ3n) is 2.96. The Labute approximate surface area is 126 Å². The molecule has 106 valence electrons. The number of nitriles is 1. The Hall–Kier alpha value is -2.71. The minimum absolute atomic E-state index is 0.0894. The number of nitrogens with zero attached hydrogens (tertiary/aromatic N) is 2. The number of hydrogen-bond acceptors (Lipinski definition) is 3. The normalized spacial score (nSPS) is 9.90. The van der Waals surface area contributed by atoms with E-state index in [0.717, 1.165) is 5.56 Å². The summed E-state index contributed by atoms with van der Waals surface area (Å²) in [6.07, 6.45) is 0. The van der Waals surface area contributed by atoms with Gasteiger partial charge in [-0.1, -0.05) is 41.9 Å². The van der Waals surface area contributed by atoms with E-state index in [0.29, 0.717) is 0 Å². The molecule has 6 heteroatoms. The molecule has 0 aromatic heterocycles. The molecule has 0 aliphatic heterocycles. The van der Waals surface area contributed by atoms with Gasteiger partial charge in [0, 0.05) is 0 Å². The van der Waals surface area contributed by atoms with E-state index in [4.69, 9.17) is 22.6 Å². The molecule has 0 atom stereocenters. The third kappa shape index (κ3) is 3.07. The molecule has 0 fully saturated rings. The van der Waals surface area contributed by atoms with Gasteiger partial charge in [0.25, 0.3) is 0 Å². The van der Waals surface area contributed by atoms with Crippen molar-refractivity contribution in [1.82, 2.24) is 0 Å². The fraction of sp³-hybridized carbons (Fsp3) is 0.0667. The third-order valence-corrected chi connectivity index (χ3v) is 3.27. The van der Waals surface area contributed by atoms with E-state index in [9.17, 15) is 9.90 Å². The van der Waals surface area contributed by atoms with Crippen LogP contribution < -0.4 is 10.6 Å². The maximum atomic E-state index is 11.7. The van der Waals surface area contributed by atoms with Crippen molar-refractivity contribution in [3.05, 3.63) is 58.6 Å². The number of benzene rings is 2. The van der Waals surface area contributed by atoms with Crippen LogP contribution in [0.5, 0.6) is 5.75 Å². The van der Waals surface area contributed by atoms with Crippen molar-refractivity contribution in [1.29, 1.82) is 5.26 Å². The van der Waals surface area contributed by atoms with Gasteiger partial charge in [0.2, 0.25) is 0 Å². The number of anilines is 1. The van der Waals surface area contributed by atoms with Crippen LogP contribution in [0.1, 0.15) is 11.1 Å². The van der Waals surface area contributed by atoms with Crippen molar-refractivity contribution in [3.63, 3.8) is 0 Å². The van der Waals surface area contributed by atoms with Gasteiger partial charge in [-0.15, -0.1) is 0 Å². The largest absolute Gasteiger partial charge is 0.504 e. The Kier molecular flexibility index (Phi) is 4.31. The second kappa shape index (κ2) is 6.16. The molecule has 0 unspecified atom stereocenters. The lowest BCUT2D eigenvalue weighted by molar-refractivity contribution is 0.253. The molecule has 0 aliphatic carbocycles. The van der Waals surface area contributed by atoms with E-state index in [1.54, 1.807) is 6.07 Å². The standard InChI is InChI=1S/C15H12ClN3O2/c16-12-6-7-13(14(20)11(12)8-17)19(15(18)21)9-10-4-2-1-3-5-10/h1-7,20H,9H2,(H2,18,21). The average Bonchev–Trinajstić information content (AvgIpc) is 2.47. The first-order chi connectivity index (χ1) is 10.0. The number of nitrogens with two attached hydrogens (primary N) is 1. The number of phenols is 1. The molecule has 0 spiro atoms. The van der Waals surface area contributed by atoms with Crippen molar-refractivity contribution < 1.29 is 9.90 Å². The molecule has 2 aromatic carbocycles. The molecule has 0 saturated carbocycles. The molecular weight excluding hydrogens is 290 g/mol. The van der Waals surface area contributed by atoms with Crippen molar-refractivity contribution in [2.45, 2.75) is 6.54 Å². The van der Waals surface area contributed by atoms with Crippen LogP contribution in [0.3, 0.4) is 0 Å². The molecule has 0 radical (unpaired) electrons. The van der Waals surface area contributed by atoms with E-state index < -0.39 is 6.03 Å². The quantitative estimate of drug-likeness (QED) is 0.913. The number of aromatic hydroxyl groups is 1. The number of primary amides is 1. The zero-order valence-corrected chi connectivity index (χ0v) is 11.7. The van der Waals surface area contributed by atoms with E-state index in [-0.39, 0.29) is 28.6 Å². The van der Waals surface area contributed by atoms with Crippen LogP contribution >= 0.6 is 11.6 Å². The second-order valence-corrected chi connectivity index (χ2v) is 4.72. The zero-order chi connectivity index (χ0) is 15.4. The number of carbonyl (C=O) groups excluding carboxylic acids is 1. The molecule has 2 aromatic rings.